The smallest absolute Gasteiger partial charge is 0.238 e. The standard InChI is InChI=1S/C17H29N3O/c1-6-20(7-2)13-14-9-8-10-15(11-14)19-16(21)12-18-17(3,4)5/h8-11,18H,6-7,12-13H2,1-5H3,(H,19,21). The van der Waals surface area contributed by atoms with E-state index >= 15 is 0 Å². The predicted molar refractivity (Wildman–Crippen MR) is 89.5 cm³/mol. The highest BCUT2D eigenvalue weighted by Gasteiger charge is 2.11. The van der Waals surface area contributed by atoms with Crippen molar-refractivity contribution < 1.29 is 4.79 Å². The zero-order valence-corrected chi connectivity index (χ0v) is 14.0. The van der Waals surface area contributed by atoms with Gasteiger partial charge in [-0.15, -0.1) is 0 Å². The molecule has 4 nitrogen and oxygen atoms in total. The fourth-order valence-corrected chi connectivity index (χ4v) is 2.00. The highest BCUT2D eigenvalue weighted by molar-refractivity contribution is 5.92. The summed E-state index contributed by atoms with van der Waals surface area (Å²) in [4.78, 5) is 14.3. The van der Waals surface area contributed by atoms with Crippen molar-refractivity contribution in [1.29, 1.82) is 0 Å². The Balaban J connectivity index is 2.58. The van der Waals surface area contributed by atoms with Gasteiger partial charge in [0.05, 0.1) is 6.54 Å². The predicted octanol–water partition coefficient (Wildman–Crippen LogP) is 2.86. The Morgan fingerprint density at radius 2 is 1.86 bits per heavy atom. The number of carbonyl (C=O) groups is 1. The summed E-state index contributed by atoms with van der Waals surface area (Å²) in [7, 11) is 0. The minimum absolute atomic E-state index is 0.00934. The number of benzene rings is 1. The van der Waals surface area contributed by atoms with Crippen LogP contribution in [0.25, 0.3) is 0 Å². The molecule has 0 fully saturated rings. The van der Waals surface area contributed by atoms with E-state index in [9.17, 15) is 4.79 Å². The molecule has 1 rings (SSSR count). The van der Waals surface area contributed by atoms with Crippen LogP contribution in [0.15, 0.2) is 24.3 Å². The summed E-state index contributed by atoms with van der Waals surface area (Å²) < 4.78 is 0. The van der Waals surface area contributed by atoms with Crippen molar-refractivity contribution >= 4 is 11.6 Å². The Bertz CT molecular complexity index is 448. The summed E-state index contributed by atoms with van der Waals surface area (Å²) >= 11 is 0. The quantitative estimate of drug-likeness (QED) is 0.812. The molecule has 0 saturated heterocycles. The van der Waals surface area contributed by atoms with E-state index in [1.807, 2.05) is 39.0 Å². The number of nitrogens with one attached hydrogen (secondary N) is 2. The Kier molecular flexibility index (Phi) is 6.85. The van der Waals surface area contributed by atoms with Crippen molar-refractivity contribution in [1.82, 2.24) is 10.2 Å². The van der Waals surface area contributed by atoms with Crippen molar-refractivity contribution in [2.45, 2.75) is 46.7 Å². The van der Waals surface area contributed by atoms with Gasteiger partial charge in [0.25, 0.3) is 0 Å². The summed E-state index contributed by atoms with van der Waals surface area (Å²) in [5, 5.41) is 6.13. The minimum Gasteiger partial charge on any atom is -0.325 e. The first-order valence-corrected chi connectivity index (χ1v) is 7.70. The third-order valence-electron chi connectivity index (χ3n) is 3.29. The van der Waals surface area contributed by atoms with Gasteiger partial charge in [-0.3, -0.25) is 9.69 Å². The lowest BCUT2D eigenvalue weighted by atomic mass is 10.1. The van der Waals surface area contributed by atoms with Crippen LogP contribution in [0.2, 0.25) is 0 Å². The number of carbonyl (C=O) groups excluding carboxylic acids is 1. The molecule has 1 aromatic rings. The topological polar surface area (TPSA) is 44.4 Å². The normalized spacial score (nSPS) is 11.7. The van der Waals surface area contributed by atoms with E-state index in [1.54, 1.807) is 0 Å². The average Bonchev–Trinajstić information content (AvgIpc) is 2.42. The molecule has 0 saturated carbocycles. The third kappa shape index (κ3) is 7.25. The van der Waals surface area contributed by atoms with Gasteiger partial charge in [-0.05, 0) is 51.6 Å². The molecule has 21 heavy (non-hydrogen) atoms. The summed E-state index contributed by atoms with van der Waals surface area (Å²) in [6, 6.07) is 8.07. The molecule has 4 heteroatoms. The van der Waals surface area contributed by atoms with Crippen LogP contribution >= 0.6 is 0 Å². The average molecular weight is 291 g/mol. The van der Waals surface area contributed by atoms with Crippen LogP contribution < -0.4 is 10.6 Å². The van der Waals surface area contributed by atoms with Gasteiger partial charge in [-0.25, -0.2) is 0 Å². The minimum atomic E-state index is -0.0536. The van der Waals surface area contributed by atoms with Crippen molar-refractivity contribution in [2.75, 3.05) is 25.0 Å². The summed E-state index contributed by atoms with van der Waals surface area (Å²) in [5.74, 6) is -0.00934. The first-order chi connectivity index (χ1) is 9.84. The van der Waals surface area contributed by atoms with Crippen LogP contribution in [0.3, 0.4) is 0 Å². The molecule has 0 aliphatic heterocycles. The van der Waals surface area contributed by atoms with E-state index in [4.69, 9.17) is 0 Å². The van der Waals surface area contributed by atoms with Crippen LogP contribution in [0, 0.1) is 0 Å². The first-order valence-electron chi connectivity index (χ1n) is 7.70. The molecule has 0 unspecified atom stereocenters. The third-order valence-corrected chi connectivity index (χ3v) is 3.29. The summed E-state index contributed by atoms with van der Waals surface area (Å²) in [5.41, 5.74) is 2.03. The Hall–Kier alpha value is -1.39. The Labute approximate surface area is 128 Å². The van der Waals surface area contributed by atoms with E-state index in [-0.39, 0.29) is 11.4 Å². The number of nitrogens with zero attached hydrogens (tertiary/aromatic N) is 1. The van der Waals surface area contributed by atoms with Gasteiger partial charge in [0.2, 0.25) is 5.91 Å². The van der Waals surface area contributed by atoms with Crippen molar-refractivity contribution in [3.63, 3.8) is 0 Å². The van der Waals surface area contributed by atoms with E-state index in [0.717, 1.165) is 25.3 Å². The van der Waals surface area contributed by atoms with Gasteiger partial charge in [-0.1, -0.05) is 26.0 Å². The number of amides is 1. The largest absolute Gasteiger partial charge is 0.325 e. The molecule has 0 aliphatic carbocycles. The highest BCUT2D eigenvalue weighted by Crippen LogP contribution is 2.12. The molecule has 2 N–H and O–H groups in total. The van der Waals surface area contributed by atoms with Crippen LogP contribution in [0.1, 0.15) is 40.2 Å². The fraction of sp³-hybridized carbons (Fsp3) is 0.588. The SMILES string of the molecule is CCN(CC)Cc1cccc(NC(=O)CNC(C)(C)C)c1. The van der Waals surface area contributed by atoms with Gasteiger partial charge in [0.1, 0.15) is 0 Å². The lowest BCUT2D eigenvalue weighted by Crippen LogP contribution is -2.41. The molecule has 0 atom stereocenters. The molecule has 0 bridgehead atoms. The van der Waals surface area contributed by atoms with Gasteiger partial charge in [-0.2, -0.15) is 0 Å². The van der Waals surface area contributed by atoms with Crippen molar-refractivity contribution in [3.8, 4) is 0 Å². The number of hydrogen-bond donors (Lipinski definition) is 2. The van der Waals surface area contributed by atoms with E-state index in [0.29, 0.717) is 6.54 Å². The molecule has 0 spiro atoms. The second kappa shape index (κ2) is 8.15. The van der Waals surface area contributed by atoms with Gasteiger partial charge >= 0.3 is 0 Å². The molecular weight excluding hydrogens is 262 g/mol. The number of hydrogen-bond acceptors (Lipinski definition) is 3. The van der Waals surface area contributed by atoms with Crippen molar-refractivity contribution in [2.24, 2.45) is 0 Å². The zero-order valence-electron chi connectivity index (χ0n) is 14.0. The Morgan fingerprint density at radius 1 is 1.19 bits per heavy atom. The first kappa shape index (κ1) is 17.7. The van der Waals surface area contributed by atoms with E-state index < -0.39 is 0 Å². The van der Waals surface area contributed by atoms with Crippen molar-refractivity contribution in [3.05, 3.63) is 29.8 Å². The molecular formula is C17H29N3O. The van der Waals surface area contributed by atoms with E-state index in [2.05, 4.69) is 35.4 Å². The molecule has 1 amide bonds. The Morgan fingerprint density at radius 3 is 2.43 bits per heavy atom. The highest BCUT2D eigenvalue weighted by atomic mass is 16.1. The molecule has 0 heterocycles. The number of rotatable bonds is 7. The molecule has 0 aromatic heterocycles. The van der Waals surface area contributed by atoms with Gasteiger partial charge < -0.3 is 10.6 Å². The molecule has 0 radical (unpaired) electrons. The molecule has 0 aliphatic rings. The van der Waals surface area contributed by atoms with Crippen LogP contribution in [0.5, 0.6) is 0 Å². The summed E-state index contributed by atoms with van der Waals surface area (Å²) in [6.07, 6.45) is 0. The zero-order chi connectivity index (χ0) is 15.9. The molecule has 1 aromatic carbocycles. The summed E-state index contributed by atoms with van der Waals surface area (Å²) in [6.45, 7) is 13.8. The molecule has 118 valence electrons. The lowest BCUT2D eigenvalue weighted by molar-refractivity contribution is -0.115. The van der Waals surface area contributed by atoms with Gasteiger partial charge in [0, 0.05) is 17.8 Å². The van der Waals surface area contributed by atoms with Crippen LogP contribution in [-0.4, -0.2) is 36.0 Å². The lowest BCUT2D eigenvalue weighted by Gasteiger charge is -2.20. The van der Waals surface area contributed by atoms with Crippen LogP contribution in [0.4, 0.5) is 5.69 Å². The maximum atomic E-state index is 11.9. The monoisotopic (exact) mass is 291 g/mol. The van der Waals surface area contributed by atoms with Gasteiger partial charge in [0.15, 0.2) is 0 Å². The second-order valence-electron chi connectivity index (χ2n) is 6.31. The maximum absolute atomic E-state index is 11.9. The number of anilines is 1. The van der Waals surface area contributed by atoms with Crippen LogP contribution in [-0.2, 0) is 11.3 Å². The maximum Gasteiger partial charge on any atom is 0.238 e. The van der Waals surface area contributed by atoms with E-state index in [1.165, 1.54) is 5.56 Å². The second-order valence-corrected chi connectivity index (χ2v) is 6.31. The fourth-order valence-electron chi connectivity index (χ4n) is 2.00.